The van der Waals surface area contributed by atoms with Crippen molar-refractivity contribution in [3.8, 4) is 11.5 Å². The summed E-state index contributed by atoms with van der Waals surface area (Å²) in [6.45, 7) is 2.93. The van der Waals surface area contributed by atoms with Gasteiger partial charge in [0, 0.05) is 5.56 Å². The van der Waals surface area contributed by atoms with Gasteiger partial charge in [-0.05, 0) is 31.4 Å². The van der Waals surface area contributed by atoms with Crippen molar-refractivity contribution in [1.29, 1.82) is 0 Å². The average Bonchev–Trinajstić information content (AvgIpc) is 2.19. The molecule has 0 fully saturated rings. The largest absolute Gasteiger partial charge is 0.493 e. The second-order valence-electron chi connectivity index (χ2n) is 3.34. The molecule has 1 aromatic rings. The zero-order valence-corrected chi connectivity index (χ0v) is 8.09. The van der Waals surface area contributed by atoms with E-state index in [2.05, 4.69) is 13.0 Å². The molecular formula is C11H14O2. The highest BCUT2D eigenvalue weighted by Gasteiger charge is 2.16. The predicted molar refractivity (Wildman–Crippen MR) is 51.5 cm³/mol. The number of ether oxygens (including phenoxy) is 2. The average molecular weight is 178 g/mol. The minimum absolute atomic E-state index is 0.812. The molecule has 0 atom stereocenters. The van der Waals surface area contributed by atoms with Crippen LogP contribution >= 0.6 is 0 Å². The Bertz CT molecular complexity index is 318. The molecule has 1 heterocycles. The number of aryl methyl sites for hydroxylation is 1. The molecule has 2 rings (SSSR count). The first kappa shape index (κ1) is 8.42. The quantitative estimate of drug-likeness (QED) is 0.657. The van der Waals surface area contributed by atoms with Crippen LogP contribution in [0.1, 0.15) is 17.5 Å². The molecule has 0 bridgehead atoms. The van der Waals surface area contributed by atoms with Gasteiger partial charge < -0.3 is 9.47 Å². The molecule has 0 unspecified atom stereocenters. The van der Waals surface area contributed by atoms with E-state index in [-0.39, 0.29) is 0 Å². The first-order valence-corrected chi connectivity index (χ1v) is 4.62. The molecule has 0 spiro atoms. The number of fused-ring (bicyclic) bond motifs is 1. The van der Waals surface area contributed by atoms with Crippen molar-refractivity contribution in [1.82, 2.24) is 0 Å². The molecule has 1 aliphatic rings. The Hall–Kier alpha value is -1.18. The molecule has 0 aromatic heterocycles. The van der Waals surface area contributed by atoms with E-state index < -0.39 is 0 Å². The molecule has 0 N–H and O–H groups in total. The Balaban J connectivity index is 2.52. The molecule has 13 heavy (non-hydrogen) atoms. The Morgan fingerprint density at radius 2 is 2.23 bits per heavy atom. The van der Waals surface area contributed by atoms with E-state index in [9.17, 15) is 0 Å². The smallest absolute Gasteiger partial charge is 0.164 e. The van der Waals surface area contributed by atoms with Crippen LogP contribution in [0.3, 0.4) is 0 Å². The molecule has 2 nitrogen and oxygen atoms in total. The third-order valence-electron chi connectivity index (χ3n) is 2.50. The summed E-state index contributed by atoms with van der Waals surface area (Å²) in [7, 11) is 1.68. The van der Waals surface area contributed by atoms with E-state index in [1.807, 2.05) is 6.07 Å². The lowest BCUT2D eigenvalue weighted by Crippen LogP contribution is -2.10. The summed E-state index contributed by atoms with van der Waals surface area (Å²) in [5.41, 5.74) is 2.61. The second kappa shape index (κ2) is 3.29. The maximum absolute atomic E-state index is 5.60. The summed E-state index contributed by atoms with van der Waals surface area (Å²) in [4.78, 5) is 0. The maximum Gasteiger partial charge on any atom is 0.164 e. The van der Waals surface area contributed by atoms with Gasteiger partial charge in [-0.3, -0.25) is 0 Å². The lowest BCUT2D eigenvalue weighted by molar-refractivity contribution is 0.268. The van der Waals surface area contributed by atoms with E-state index in [0.717, 1.165) is 30.9 Å². The topological polar surface area (TPSA) is 18.5 Å². The highest BCUT2D eigenvalue weighted by molar-refractivity contribution is 5.51. The van der Waals surface area contributed by atoms with E-state index in [4.69, 9.17) is 9.47 Å². The van der Waals surface area contributed by atoms with Gasteiger partial charge in [-0.25, -0.2) is 0 Å². The number of hydrogen-bond acceptors (Lipinski definition) is 2. The number of rotatable bonds is 1. The predicted octanol–water partition coefficient (Wildman–Crippen LogP) is 2.33. The van der Waals surface area contributed by atoms with Gasteiger partial charge in [0.25, 0.3) is 0 Å². The van der Waals surface area contributed by atoms with Crippen molar-refractivity contribution in [2.75, 3.05) is 13.7 Å². The van der Waals surface area contributed by atoms with Gasteiger partial charge in [0.1, 0.15) is 0 Å². The summed E-state index contributed by atoms with van der Waals surface area (Å²) >= 11 is 0. The third kappa shape index (κ3) is 1.37. The van der Waals surface area contributed by atoms with Crippen LogP contribution < -0.4 is 9.47 Å². The number of hydrogen-bond donors (Lipinski definition) is 0. The van der Waals surface area contributed by atoms with Gasteiger partial charge in [0.05, 0.1) is 13.7 Å². The molecule has 0 radical (unpaired) electrons. The molecule has 2 heteroatoms. The van der Waals surface area contributed by atoms with Gasteiger partial charge >= 0.3 is 0 Å². The van der Waals surface area contributed by atoms with Gasteiger partial charge in [0.15, 0.2) is 11.5 Å². The highest BCUT2D eigenvalue weighted by Crippen LogP contribution is 2.36. The summed E-state index contributed by atoms with van der Waals surface area (Å²) in [5.74, 6) is 1.81. The number of methoxy groups -OCH3 is 1. The molecule has 0 saturated heterocycles. The van der Waals surface area contributed by atoms with Crippen LogP contribution in [0.5, 0.6) is 11.5 Å². The fourth-order valence-electron chi connectivity index (χ4n) is 1.76. The first-order chi connectivity index (χ1) is 6.33. The minimum Gasteiger partial charge on any atom is -0.493 e. The van der Waals surface area contributed by atoms with E-state index >= 15 is 0 Å². The van der Waals surface area contributed by atoms with Crippen LogP contribution in [0, 0.1) is 6.92 Å². The molecule has 0 saturated carbocycles. The summed E-state index contributed by atoms with van der Waals surface area (Å²) in [5, 5.41) is 0. The molecule has 1 aliphatic heterocycles. The van der Waals surface area contributed by atoms with Crippen molar-refractivity contribution in [2.45, 2.75) is 19.8 Å². The lowest BCUT2D eigenvalue weighted by Gasteiger charge is -2.21. The molecule has 70 valence electrons. The standard InChI is InChI=1S/C11H14O2/c1-8-5-6-10(12-2)11-9(8)4-3-7-13-11/h5-6H,3-4,7H2,1-2H3. The Labute approximate surface area is 78.5 Å². The molecule has 0 amide bonds. The summed E-state index contributed by atoms with van der Waals surface area (Å²) in [6.07, 6.45) is 2.22. The van der Waals surface area contributed by atoms with Crippen LogP contribution in [0.4, 0.5) is 0 Å². The van der Waals surface area contributed by atoms with Crippen molar-refractivity contribution < 1.29 is 9.47 Å². The van der Waals surface area contributed by atoms with Crippen LogP contribution in [0.2, 0.25) is 0 Å². The zero-order valence-electron chi connectivity index (χ0n) is 8.09. The van der Waals surface area contributed by atoms with E-state index in [1.54, 1.807) is 7.11 Å². The fourth-order valence-corrected chi connectivity index (χ4v) is 1.76. The third-order valence-corrected chi connectivity index (χ3v) is 2.50. The second-order valence-corrected chi connectivity index (χ2v) is 3.34. The van der Waals surface area contributed by atoms with Gasteiger partial charge in [0.2, 0.25) is 0 Å². The normalized spacial score (nSPS) is 14.6. The zero-order chi connectivity index (χ0) is 9.26. The van der Waals surface area contributed by atoms with Gasteiger partial charge in [-0.2, -0.15) is 0 Å². The van der Waals surface area contributed by atoms with Crippen LogP contribution in [0.15, 0.2) is 12.1 Å². The molecule has 1 aromatic carbocycles. The summed E-state index contributed by atoms with van der Waals surface area (Å²) < 4.78 is 10.8. The van der Waals surface area contributed by atoms with Crippen molar-refractivity contribution in [3.63, 3.8) is 0 Å². The van der Waals surface area contributed by atoms with Gasteiger partial charge in [-0.1, -0.05) is 6.07 Å². The van der Waals surface area contributed by atoms with Crippen molar-refractivity contribution >= 4 is 0 Å². The fraction of sp³-hybridized carbons (Fsp3) is 0.455. The van der Waals surface area contributed by atoms with Crippen LogP contribution in [-0.2, 0) is 6.42 Å². The maximum atomic E-state index is 5.60. The number of benzene rings is 1. The van der Waals surface area contributed by atoms with Crippen molar-refractivity contribution in [2.24, 2.45) is 0 Å². The van der Waals surface area contributed by atoms with Crippen LogP contribution in [-0.4, -0.2) is 13.7 Å². The lowest BCUT2D eigenvalue weighted by atomic mass is 10.0. The first-order valence-electron chi connectivity index (χ1n) is 4.62. The summed E-state index contributed by atoms with van der Waals surface area (Å²) in [6, 6.07) is 4.06. The van der Waals surface area contributed by atoms with Crippen molar-refractivity contribution in [3.05, 3.63) is 23.3 Å². The Kier molecular flexibility index (Phi) is 2.13. The van der Waals surface area contributed by atoms with E-state index in [0.29, 0.717) is 0 Å². The monoisotopic (exact) mass is 178 g/mol. The highest BCUT2D eigenvalue weighted by atomic mass is 16.5. The molecule has 0 aliphatic carbocycles. The van der Waals surface area contributed by atoms with Crippen LogP contribution in [0.25, 0.3) is 0 Å². The SMILES string of the molecule is COc1ccc(C)c2c1OCCC2. The minimum atomic E-state index is 0.812. The molecular weight excluding hydrogens is 164 g/mol. The van der Waals surface area contributed by atoms with E-state index in [1.165, 1.54) is 11.1 Å². The Morgan fingerprint density at radius 3 is 3.00 bits per heavy atom. The Morgan fingerprint density at radius 1 is 1.38 bits per heavy atom. The van der Waals surface area contributed by atoms with Gasteiger partial charge in [-0.15, -0.1) is 0 Å².